The molecule has 2 N–H and O–H groups in total. The number of carbonyl (C=O) groups is 1. The summed E-state index contributed by atoms with van der Waals surface area (Å²) in [6.45, 7) is 8.19. The Bertz CT molecular complexity index is 597. The van der Waals surface area contributed by atoms with E-state index in [9.17, 15) is 4.79 Å². The second-order valence-corrected chi connectivity index (χ2v) is 7.70. The van der Waals surface area contributed by atoms with Crippen LogP contribution in [0.2, 0.25) is 0 Å². The van der Waals surface area contributed by atoms with E-state index in [1.165, 1.54) is 11.4 Å². The number of piperidine rings is 1. The zero-order chi connectivity index (χ0) is 17.3. The molecular weight excluding hydrogens is 318 g/mol. The fourth-order valence-electron chi connectivity index (χ4n) is 4.34. The van der Waals surface area contributed by atoms with Crippen molar-refractivity contribution in [3.63, 3.8) is 0 Å². The highest BCUT2D eigenvalue weighted by atomic mass is 16.5. The van der Waals surface area contributed by atoms with E-state index in [2.05, 4.69) is 26.3 Å². The molecule has 0 bridgehead atoms. The molecule has 0 aliphatic carbocycles. The van der Waals surface area contributed by atoms with Crippen LogP contribution in [0.25, 0.3) is 0 Å². The summed E-state index contributed by atoms with van der Waals surface area (Å²) in [5.74, 6) is 0.0253. The van der Waals surface area contributed by atoms with Crippen molar-refractivity contribution in [2.75, 3.05) is 26.2 Å². The molecule has 0 unspecified atom stereocenters. The molecule has 138 valence electrons. The Kier molecular flexibility index (Phi) is 4.80. The monoisotopic (exact) mass is 347 g/mol. The van der Waals surface area contributed by atoms with Crippen molar-refractivity contribution in [1.82, 2.24) is 25.3 Å². The van der Waals surface area contributed by atoms with Crippen molar-refractivity contribution in [3.8, 4) is 0 Å². The normalized spacial score (nSPS) is 25.9. The van der Waals surface area contributed by atoms with Gasteiger partial charge >= 0.3 is 0 Å². The Morgan fingerprint density at radius 1 is 1.40 bits per heavy atom. The van der Waals surface area contributed by atoms with Gasteiger partial charge in [0.05, 0.1) is 29.6 Å². The van der Waals surface area contributed by atoms with Gasteiger partial charge in [-0.05, 0) is 31.7 Å². The number of hydrogen-bond acceptors (Lipinski definition) is 5. The minimum atomic E-state index is 0.0253. The van der Waals surface area contributed by atoms with E-state index >= 15 is 0 Å². The Morgan fingerprint density at radius 2 is 2.24 bits per heavy atom. The third kappa shape index (κ3) is 3.88. The lowest BCUT2D eigenvalue weighted by atomic mass is 9.88. The highest BCUT2D eigenvalue weighted by Gasteiger charge is 2.42. The summed E-state index contributed by atoms with van der Waals surface area (Å²) in [5.41, 5.74) is 2.52. The molecule has 1 aromatic rings. The summed E-state index contributed by atoms with van der Waals surface area (Å²) in [7, 11) is 0. The van der Waals surface area contributed by atoms with E-state index < -0.39 is 0 Å². The number of nitrogens with zero attached hydrogens (tertiary/aromatic N) is 3. The number of hydrogen-bond donors (Lipinski definition) is 2. The van der Waals surface area contributed by atoms with Gasteiger partial charge in [0, 0.05) is 46.2 Å². The molecule has 2 fully saturated rings. The number of likely N-dealkylation sites (tertiary alicyclic amines) is 1. The smallest absolute Gasteiger partial charge is 0.216 e. The Morgan fingerprint density at radius 3 is 3.00 bits per heavy atom. The van der Waals surface area contributed by atoms with Gasteiger partial charge in [0.25, 0.3) is 0 Å². The summed E-state index contributed by atoms with van der Waals surface area (Å²) < 4.78 is 8.48. The van der Waals surface area contributed by atoms with Crippen LogP contribution < -0.4 is 10.6 Å². The van der Waals surface area contributed by atoms with Crippen molar-refractivity contribution in [2.45, 2.75) is 63.9 Å². The van der Waals surface area contributed by atoms with Crippen LogP contribution in [0, 0.1) is 0 Å². The average molecular weight is 347 g/mol. The first-order valence-electron chi connectivity index (χ1n) is 9.53. The standard InChI is InChI=1S/C18H29N5O2/c1-14(24)20-12-17-2-3-18(25-17)4-7-22(8-5-18)13-15-10-16-11-19-6-9-23(16)21-15/h10,17,19H,2-9,11-13H2,1H3,(H,20,24)/t17-/m0/s1. The molecule has 4 rings (SSSR count). The summed E-state index contributed by atoms with van der Waals surface area (Å²) in [4.78, 5) is 13.6. The number of ether oxygens (including phenoxy) is 1. The van der Waals surface area contributed by atoms with Gasteiger partial charge in [-0.1, -0.05) is 0 Å². The molecule has 1 spiro atoms. The lowest BCUT2D eigenvalue weighted by Crippen LogP contribution is -2.44. The third-order valence-corrected chi connectivity index (χ3v) is 5.79. The van der Waals surface area contributed by atoms with Crippen LogP contribution in [-0.4, -0.2) is 58.5 Å². The van der Waals surface area contributed by atoms with Crippen LogP contribution in [0.4, 0.5) is 0 Å². The lowest BCUT2D eigenvalue weighted by Gasteiger charge is -2.39. The third-order valence-electron chi connectivity index (χ3n) is 5.79. The SMILES string of the molecule is CC(=O)NC[C@@H]1CCC2(CCN(Cc3cc4n(n3)CCNC4)CC2)O1. The fourth-order valence-corrected chi connectivity index (χ4v) is 4.34. The number of fused-ring (bicyclic) bond motifs is 1. The number of amides is 1. The van der Waals surface area contributed by atoms with E-state index in [-0.39, 0.29) is 17.6 Å². The molecule has 7 nitrogen and oxygen atoms in total. The number of carbonyl (C=O) groups excluding carboxylic acids is 1. The molecule has 3 aliphatic heterocycles. The zero-order valence-electron chi connectivity index (χ0n) is 15.1. The van der Waals surface area contributed by atoms with Crippen molar-refractivity contribution in [2.24, 2.45) is 0 Å². The first kappa shape index (κ1) is 17.0. The first-order chi connectivity index (χ1) is 12.1. The van der Waals surface area contributed by atoms with Crippen LogP contribution in [0.1, 0.15) is 44.0 Å². The van der Waals surface area contributed by atoms with E-state index in [1.54, 1.807) is 6.92 Å². The molecule has 1 aromatic heterocycles. The predicted molar refractivity (Wildman–Crippen MR) is 94.0 cm³/mol. The van der Waals surface area contributed by atoms with E-state index in [1.807, 2.05) is 0 Å². The van der Waals surface area contributed by atoms with Crippen LogP contribution >= 0.6 is 0 Å². The topological polar surface area (TPSA) is 71.4 Å². The maximum atomic E-state index is 11.1. The highest BCUT2D eigenvalue weighted by Crippen LogP contribution is 2.38. The van der Waals surface area contributed by atoms with Gasteiger partial charge in [-0.15, -0.1) is 0 Å². The van der Waals surface area contributed by atoms with Crippen LogP contribution in [0.5, 0.6) is 0 Å². The molecule has 0 aromatic carbocycles. The van der Waals surface area contributed by atoms with Crippen LogP contribution in [-0.2, 0) is 29.2 Å². The molecule has 1 atom stereocenters. The molecule has 7 heteroatoms. The predicted octanol–water partition coefficient (Wildman–Crippen LogP) is 0.636. The molecule has 0 radical (unpaired) electrons. The highest BCUT2D eigenvalue weighted by molar-refractivity contribution is 5.72. The number of nitrogens with one attached hydrogen (secondary N) is 2. The summed E-state index contributed by atoms with van der Waals surface area (Å²) in [5, 5.41) is 11.0. The number of rotatable bonds is 4. The van der Waals surface area contributed by atoms with Gasteiger partial charge in [-0.3, -0.25) is 14.4 Å². The molecular formula is C18H29N5O2. The van der Waals surface area contributed by atoms with Crippen molar-refractivity contribution in [3.05, 3.63) is 17.5 Å². The van der Waals surface area contributed by atoms with E-state index in [4.69, 9.17) is 9.84 Å². The molecule has 1 amide bonds. The van der Waals surface area contributed by atoms with Gasteiger partial charge in [0.15, 0.2) is 0 Å². The second-order valence-electron chi connectivity index (χ2n) is 7.70. The van der Waals surface area contributed by atoms with E-state index in [0.29, 0.717) is 6.54 Å². The average Bonchev–Trinajstić information content (AvgIpc) is 3.19. The Balaban J connectivity index is 1.27. The van der Waals surface area contributed by atoms with Gasteiger partial charge < -0.3 is 15.4 Å². The fraction of sp³-hybridized carbons (Fsp3) is 0.778. The molecule has 3 aliphatic rings. The molecule has 25 heavy (non-hydrogen) atoms. The van der Waals surface area contributed by atoms with Crippen molar-refractivity contribution >= 4 is 5.91 Å². The maximum absolute atomic E-state index is 11.1. The number of aromatic nitrogens is 2. The molecule has 4 heterocycles. The van der Waals surface area contributed by atoms with Crippen LogP contribution in [0.3, 0.4) is 0 Å². The molecule has 0 saturated carbocycles. The first-order valence-corrected chi connectivity index (χ1v) is 9.53. The largest absolute Gasteiger partial charge is 0.370 e. The summed E-state index contributed by atoms with van der Waals surface area (Å²) >= 11 is 0. The zero-order valence-corrected chi connectivity index (χ0v) is 15.1. The molecule has 2 saturated heterocycles. The minimum absolute atomic E-state index is 0.0253. The summed E-state index contributed by atoms with van der Waals surface area (Å²) in [6, 6.07) is 2.24. The van der Waals surface area contributed by atoms with Gasteiger partial charge in [-0.2, -0.15) is 5.10 Å². The van der Waals surface area contributed by atoms with Crippen LogP contribution in [0.15, 0.2) is 6.07 Å². The Labute approximate surface area is 149 Å². The maximum Gasteiger partial charge on any atom is 0.216 e. The van der Waals surface area contributed by atoms with Crippen molar-refractivity contribution in [1.29, 1.82) is 0 Å². The van der Waals surface area contributed by atoms with Gasteiger partial charge in [0.1, 0.15) is 0 Å². The minimum Gasteiger partial charge on any atom is -0.370 e. The van der Waals surface area contributed by atoms with Gasteiger partial charge in [0.2, 0.25) is 5.91 Å². The summed E-state index contributed by atoms with van der Waals surface area (Å²) in [6.07, 6.45) is 4.52. The quantitative estimate of drug-likeness (QED) is 0.836. The Hall–Kier alpha value is -1.44. The lowest BCUT2D eigenvalue weighted by molar-refractivity contribution is -0.120. The van der Waals surface area contributed by atoms with Gasteiger partial charge in [-0.25, -0.2) is 0 Å². The van der Waals surface area contributed by atoms with E-state index in [0.717, 1.165) is 65.0 Å². The second kappa shape index (κ2) is 7.05. The van der Waals surface area contributed by atoms with Crippen molar-refractivity contribution < 1.29 is 9.53 Å².